The molecule has 0 spiro atoms. The highest BCUT2D eigenvalue weighted by atomic mass is 32.2. The van der Waals surface area contributed by atoms with Crippen molar-refractivity contribution in [2.45, 2.75) is 51.3 Å². The van der Waals surface area contributed by atoms with Crippen molar-refractivity contribution >= 4 is 23.1 Å². The predicted octanol–water partition coefficient (Wildman–Crippen LogP) is 3.43. The molecule has 104 valence electrons. The van der Waals surface area contributed by atoms with E-state index < -0.39 is 0 Å². The van der Waals surface area contributed by atoms with E-state index in [0.717, 1.165) is 31.0 Å². The van der Waals surface area contributed by atoms with Crippen molar-refractivity contribution in [3.8, 4) is 0 Å². The van der Waals surface area contributed by atoms with Gasteiger partial charge in [0, 0.05) is 24.3 Å². The van der Waals surface area contributed by atoms with Crippen molar-refractivity contribution in [1.82, 2.24) is 10.3 Å². The summed E-state index contributed by atoms with van der Waals surface area (Å²) in [6.07, 6.45) is 1.16. The first-order valence-corrected chi connectivity index (χ1v) is 8.32. The van der Waals surface area contributed by atoms with Crippen LogP contribution in [-0.4, -0.2) is 23.9 Å². The van der Waals surface area contributed by atoms with Crippen LogP contribution < -0.4 is 5.32 Å². The van der Waals surface area contributed by atoms with Crippen molar-refractivity contribution in [3.05, 3.63) is 15.6 Å². The summed E-state index contributed by atoms with van der Waals surface area (Å²) in [6.45, 7) is 9.21. The molecule has 0 radical (unpaired) electrons. The van der Waals surface area contributed by atoms with Crippen LogP contribution in [0, 0.1) is 0 Å². The number of rotatable bonds is 9. The van der Waals surface area contributed by atoms with Crippen LogP contribution in [0.25, 0.3) is 0 Å². The molecule has 0 aliphatic rings. The lowest BCUT2D eigenvalue weighted by Gasteiger charge is -2.02. The van der Waals surface area contributed by atoms with Crippen LogP contribution in [0.1, 0.15) is 42.8 Å². The van der Waals surface area contributed by atoms with E-state index in [2.05, 4.69) is 31.1 Å². The highest BCUT2D eigenvalue weighted by Crippen LogP contribution is 2.25. The Morgan fingerprint density at radius 1 is 1.44 bits per heavy atom. The third kappa shape index (κ3) is 5.69. The molecule has 5 heteroatoms. The lowest BCUT2D eigenvalue weighted by atomic mass is 10.3. The number of thiazole rings is 1. The average molecular weight is 288 g/mol. The maximum Gasteiger partial charge on any atom is 0.103 e. The van der Waals surface area contributed by atoms with E-state index in [1.54, 1.807) is 7.11 Å². The number of hydrogen-bond acceptors (Lipinski definition) is 5. The SMILES string of the molecule is CCCNCc1sc(CSC(C)C)nc1COC. The van der Waals surface area contributed by atoms with Gasteiger partial charge in [0.25, 0.3) is 0 Å². The van der Waals surface area contributed by atoms with E-state index in [-0.39, 0.29) is 0 Å². The second kappa shape index (κ2) is 8.91. The molecule has 0 atom stereocenters. The largest absolute Gasteiger partial charge is 0.378 e. The second-order valence-electron chi connectivity index (χ2n) is 4.45. The molecule has 0 aliphatic carbocycles. The normalized spacial score (nSPS) is 11.4. The standard InChI is InChI=1S/C13H24N2OS2/c1-5-6-14-7-12-11(8-16-4)15-13(18-12)9-17-10(2)3/h10,14H,5-9H2,1-4H3. The highest BCUT2D eigenvalue weighted by molar-refractivity contribution is 7.99. The molecule has 0 fully saturated rings. The number of methoxy groups -OCH3 is 1. The lowest BCUT2D eigenvalue weighted by Crippen LogP contribution is -2.14. The van der Waals surface area contributed by atoms with Gasteiger partial charge in [0.1, 0.15) is 5.01 Å². The zero-order chi connectivity index (χ0) is 13.4. The minimum atomic E-state index is 0.617. The topological polar surface area (TPSA) is 34.2 Å². The number of aromatic nitrogens is 1. The van der Waals surface area contributed by atoms with Crippen LogP contribution in [0.3, 0.4) is 0 Å². The average Bonchev–Trinajstić information content (AvgIpc) is 2.70. The molecule has 0 aliphatic heterocycles. The van der Waals surface area contributed by atoms with Gasteiger partial charge in [0.15, 0.2) is 0 Å². The van der Waals surface area contributed by atoms with E-state index in [1.165, 1.54) is 9.88 Å². The van der Waals surface area contributed by atoms with E-state index in [0.29, 0.717) is 11.9 Å². The Labute approximate surface area is 119 Å². The Hall–Kier alpha value is -0.100. The minimum absolute atomic E-state index is 0.617. The molecule has 1 rings (SSSR count). The number of ether oxygens (including phenoxy) is 1. The van der Waals surface area contributed by atoms with Gasteiger partial charge >= 0.3 is 0 Å². The van der Waals surface area contributed by atoms with Gasteiger partial charge in [0.2, 0.25) is 0 Å². The molecule has 3 nitrogen and oxygen atoms in total. The smallest absolute Gasteiger partial charge is 0.103 e. The van der Waals surface area contributed by atoms with Crippen LogP contribution >= 0.6 is 23.1 Å². The Bertz CT molecular complexity index is 340. The summed E-state index contributed by atoms with van der Waals surface area (Å²) in [4.78, 5) is 6.01. The second-order valence-corrected chi connectivity index (χ2v) is 7.18. The molecule has 0 saturated carbocycles. The van der Waals surface area contributed by atoms with E-state index in [9.17, 15) is 0 Å². The molecule has 0 unspecified atom stereocenters. The summed E-state index contributed by atoms with van der Waals surface area (Å²) >= 11 is 3.76. The first-order chi connectivity index (χ1) is 8.67. The summed E-state index contributed by atoms with van der Waals surface area (Å²) in [7, 11) is 1.73. The lowest BCUT2D eigenvalue weighted by molar-refractivity contribution is 0.181. The first-order valence-electron chi connectivity index (χ1n) is 6.46. The molecule has 0 bridgehead atoms. The van der Waals surface area contributed by atoms with Crippen LogP contribution in [-0.2, 0) is 23.6 Å². The van der Waals surface area contributed by atoms with Gasteiger partial charge in [-0.2, -0.15) is 11.8 Å². The molecule has 1 N–H and O–H groups in total. The first kappa shape index (κ1) is 16.0. The minimum Gasteiger partial charge on any atom is -0.378 e. The Morgan fingerprint density at radius 2 is 2.22 bits per heavy atom. The fourth-order valence-electron chi connectivity index (χ4n) is 1.50. The van der Waals surface area contributed by atoms with E-state index in [4.69, 9.17) is 4.74 Å². The van der Waals surface area contributed by atoms with Crippen molar-refractivity contribution in [1.29, 1.82) is 0 Å². The molecule has 0 aromatic carbocycles. The summed E-state index contributed by atoms with van der Waals surface area (Å²) < 4.78 is 5.22. The highest BCUT2D eigenvalue weighted by Gasteiger charge is 2.11. The number of nitrogens with one attached hydrogen (secondary N) is 1. The zero-order valence-electron chi connectivity index (χ0n) is 11.8. The summed E-state index contributed by atoms with van der Waals surface area (Å²) in [5, 5.41) is 5.31. The van der Waals surface area contributed by atoms with Crippen molar-refractivity contribution in [3.63, 3.8) is 0 Å². The molecule has 1 aromatic rings. The summed E-state index contributed by atoms with van der Waals surface area (Å²) in [5.41, 5.74) is 1.10. The Morgan fingerprint density at radius 3 is 2.83 bits per heavy atom. The predicted molar refractivity (Wildman–Crippen MR) is 81.3 cm³/mol. The van der Waals surface area contributed by atoms with E-state index >= 15 is 0 Å². The molecule has 1 aromatic heterocycles. The van der Waals surface area contributed by atoms with Crippen molar-refractivity contribution in [2.75, 3.05) is 13.7 Å². The van der Waals surface area contributed by atoms with Gasteiger partial charge < -0.3 is 10.1 Å². The Balaban J connectivity index is 2.61. The fourth-order valence-corrected chi connectivity index (χ4v) is 3.32. The van der Waals surface area contributed by atoms with Gasteiger partial charge in [-0.25, -0.2) is 4.98 Å². The van der Waals surface area contributed by atoms with Gasteiger partial charge in [-0.3, -0.25) is 0 Å². The fraction of sp³-hybridized carbons (Fsp3) is 0.769. The number of nitrogens with zero attached hydrogens (tertiary/aromatic N) is 1. The molecular formula is C13H24N2OS2. The number of hydrogen-bond donors (Lipinski definition) is 1. The van der Waals surface area contributed by atoms with Crippen molar-refractivity contribution < 1.29 is 4.74 Å². The summed E-state index contributed by atoms with van der Waals surface area (Å²) in [5.74, 6) is 1.01. The third-order valence-corrected chi connectivity index (χ3v) is 4.74. The molecule has 0 saturated heterocycles. The van der Waals surface area contributed by atoms with Crippen LogP contribution in [0.5, 0.6) is 0 Å². The van der Waals surface area contributed by atoms with Crippen LogP contribution in [0.4, 0.5) is 0 Å². The molecular weight excluding hydrogens is 264 g/mol. The monoisotopic (exact) mass is 288 g/mol. The van der Waals surface area contributed by atoms with Gasteiger partial charge in [0.05, 0.1) is 12.3 Å². The molecule has 18 heavy (non-hydrogen) atoms. The van der Waals surface area contributed by atoms with Crippen LogP contribution in [0.15, 0.2) is 0 Å². The van der Waals surface area contributed by atoms with Crippen LogP contribution in [0.2, 0.25) is 0 Å². The maximum absolute atomic E-state index is 5.22. The zero-order valence-corrected chi connectivity index (χ0v) is 13.4. The van der Waals surface area contributed by atoms with E-state index in [1.807, 2.05) is 23.1 Å². The van der Waals surface area contributed by atoms with Gasteiger partial charge in [-0.1, -0.05) is 20.8 Å². The quantitative estimate of drug-likeness (QED) is 0.706. The van der Waals surface area contributed by atoms with Crippen molar-refractivity contribution in [2.24, 2.45) is 0 Å². The third-order valence-electron chi connectivity index (χ3n) is 2.36. The molecule has 1 heterocycles. The maximum atomic E-state index is 5.22. The van der Waals surface area contributed by atoms with Gasteiger partial charge in [-0.15, -0.1) is 11.3 Å². The summed E-state index contributed by atoms with van der Waals surface area (Å²) in [6, 6.07) is 0. The van der Waals surface area contributed by atoms with Gasteiger partial charge in [-0.05, 0) is 18.2 Å². The Kier molecular flexibility index (Phi) is 7.90. The molecule has 0 amide bonds. The number of thioether (sulfide) groups is 1.